The first kappa shape index (κ1) is 18.9. The number of anilines is 1. The molecule has 3 aromatic rings. The fraction of sp³-hybridized carbons (Fsp3) is 0.294. The van der Waals surface area contributed by atoms with Gasteiger partial charge in [-0.2, -0.15) is 0 Å². The van der Waals surface area contributed by atoms with E-state index in [0.717, 1.165) is 5.01 Å². The molecule has 1 atom stereocenters. The van der Waals surface area contributed by atoms with Crippen LogP contribution in [0.5, 0.6) is 0 Å². The molecule has 1 fully saturated rings. The molecule has 2 N–H and O–H groups in total. The van der Waals surface area contributed by atoms with Gasteiger partial charge in [-0.25, -0.2) is 19.3 Å². The fourth-order valence-electron chi connectivity index (χ4n) is 2.89. The fourth-order valence-corrected chi connectivity index (χ4v) is 3.69. The van der Waals surface area contributed by atoms with E-state index in [1.807, 2.05) is 0 Å². The molecule has 0 bridgehead atoms. The van der Waals surface area contributed by atoms with E-state index in [9.17, 15) is 14.0 Å². The van der Waals surface area contributed by atoms with Gasteiger partial charge < -0.3 is 10.1 Å². The topological polar surface area (TPSA) is 126 Å². The number of hydrogen-bond donors (Lipinski definition) is 2. The molecule has 1 aromatic carbocycles. The average Bonchev–Trinajstić information content (AvgIpc) is 3.42. The van der Waals surface area contributed by atoms with E-state index in [4.69, 9.17) is 4.74 Å². The normalized spacial score (nSPS) is 16.1. The number of nitrogens with zero attached hydrogens (tertiary/aromatic N) is 5. The van der Waals surface area contributed by atoms with E-state index < -0.39 is 18.0 Å². The van der Waals surface area contributed by atoms with Gasteiger partial charge in [-0.1, -0.05) is 0 Å². The third kappa shape index (κ3) is 4.21. The van der Waals surface area contributed by atoms with Gasteiger partial charge in [0.15, 0.2) is 5.82 Å². The van der Waals surface area contributed by atoms with Crippen molar-refractivity contribution in [1.29, 1.82) is 0 Å². The van der Waals surface area contributed by atoms with Crippen molar-refractivity contribution in [3.05, 3.63) is 40.2 Å². The zero-order valence-electron chi connectivity index (χ0n) is 15.3. The molecule has 3 heterocycles. The molecule has 0 spiro atoms. The number of nitrogens with one attached hydrogen (secondary N) is 2. The standard InChI is InChI=1S/C17H16FN7O3S/c1-9(26)19-6-11-7-25(17(27)28-11)10-2-3-12(13(18)4-10)14-8-29-16(20-14)5-15-21-23-24-22-15/h2-4,8,11H,5-7H2,1H3,(H,19,26)(H,21,22,23,24). The number of aromatic amines is 1. The minimum absolute atomic E-state index is 0.209. The lowest BCUT2D eigenvalue weighted by molar-refractivity contribution is -0.119. The second-order valence-corrected chi connectivity index (χ2v) is 7.31. The van der Waals surface area contributed by atoms with Crippen molar-refractivity contribution in [1.82, 2.24) is 30.9 Å². The van der Waals surface area contributed by atoms with Crippen molar-refractivity contribution in [2.45, 2.75) is 19.4 Å². The number of thiazole rings is 1. The van der Waals surface area contributed by atoms with Crippen LogP contribution < -0.4 is 10.2 Å². The molecule has 2 aromatic heterocycles. The predicted molar refractivity (Wildman–Crippen MR) is 101 cm³/mol. The maximum atomic E-state index is 14.7. The maximum absolute atomic E-state index is 14.7. The molecule has 10 nitrogen and oxygen atoms in total. The van der Waals surface area contributed by atoms with Crippen LogP contribution >= 0.6 is 11.3 Å². The number of aromatic nitrogens is 5. The van der Waals surface area contributed by atoms with Gasteiger partial charge in [0.25, 0.3) is 0 Å². The number of rotatable bonds is 6. The summed E-state index contributed by atoms with van der Waals surface area (Å²) in [4.78, 5) is 28.9. The number of carbonyl (C=O) groups excluding carboxylic acids is 2. The van der Waals surface area contributed by atoms with Crippen molar-refractivity contribution in [3.8, 4) is 11.3 Å². The van der Waals surface area contributed by atoms with Crippen LogP contribution in [0.1, 0.15) is 17.8 Å². The lowest BCUT2D eigenvalue weighted by Crippen LogP contribution is -2.33. The second-order valence-electron chi connectivity index (χ2n) is 6.37. The average molecular weight is 417 g/mol. The molecular weight excluding hydrogens is 401 g/mol. The summed E-state index contributed by atoms with van der Waals surface area (Å²) in [5.41, 5.74) is 1.20. The Morgan fingerprint density at radius 1 is 1.48 bits per heavy atom. The molecular formula is C17H16FN7O3S. The van der Waals surface area contributed by atoms with Crippen LogP contribution in [0, 0.1) is 5.82 Å². The lowest BCUT2D eigenvalue weighted by Gasteiger charge is -2.14. The summed E-state index contributed by atoms with van der Waals surface area (Å²) < 4.78 is 20.0. The zero-order chi connectivity index (χ0) is 20.4. The summed E-state index contributed by atoms with van der Waals surface area (Å²) in [6.07, 6.45) is -0.642. The maximum Gasteiger partial charge on any atom is 0.414 e. The zero-order valence-corrected chi connectivity index (χ0v) is 16.1. The monoisotopic (exact) mass is 417 g/mol. The van der Waals surface area contributed by atoms with Crippen molar-refractivity contribution < 1.29 is 18.7 Å². The van der Waals surface area contributed by atoms with Crippen molar-refractivity contribution in [2.24, 2.45) is 0 Å². The molecule has 0 radical (unpaired) electrons. The third-order valence-electron chi connectivity index (χ3n) is 4.25. The summed E-state index contributed by atoms with van der Waals surface area (Å²) in [6.45, 7) is 1.82. The molecule has 1 aliphatic heterocycles. The van der Waals surface area contributed by atoms with Crippen LogP contribution in [0.3, 0.4) is 0 Å². The van der Waals surface area contributed by atoms with Gasteiger partial charge in [0.2, 0.25) is 5.91 Å². The van der Waals surface area contributed by atoms with E-state index in [1.54, 1.807) is 17.5 Å². The molecule has 1 saturated heterocycles. The number of tetrazole rings is 1. The number of H-pyrrole nitrogens is 1. The lowest BCUT2D eigenvalue weighted by atomic mass is 10.1. The van der Waals surface area contributed by atoms with E-state index >= 15 is 0 Å². The summed E-state index contributed by atoms with van der Waals surface area (Å²) in [7, 11) is 0. The first-order chi connectivity index (χ1) is 14.0. The van der Waals surface area contributed by atoms with Crippen LogP contribution in [0.15, 0.2) is 23.6 Å². The van der Waals surface area contributed by atoms with Gasteiger partial charge in [0, 0.05) is 17.9 Å². The smallest absolute Gasteiger partial charge is 0.414 e. The highest BCUT2D eigenvalue weighted by atomic mass is 32.1. The third-order valence-corrected chi connectivity index (χ3v) is 5.10. The number of ether oxygens (including phenoxy) is 1. The number of hydrogen-bond acceptors (Lipinski definition) is 8. The summed E-state index contributed by atoms with van der Waals surface area (Å²) in [6, 6.07) is 4.49. The molecule has 2 amide bonds. The highest BCUT2D eigenvalue weighted by molar-refractivity contribution is 7.10. The molecule has 29 heavy (non-hydrogen) atoms. The van der Waals surface area contributed by atoms with Gasteiger partial charge in [-0.05, 0) is 28.6 Å². The van der Waals surface area contributed by atoms with Crippen molar-refractivity contribution >= 4 is 29.0 Å². The number of amides is 2. The van der Waals surface area contributed by atoms with Crippen LogP contribution in [0.25, 0.3) is 11.3 Å². The van der Waals surface area contributed by atoms with Crippen LogP contribution in [0.2, 0.25) is 0 Å². The highest BCUT2D eigenvalue weighted by Gasteiger charge is 2.32. The Hall–Kier alpha value is -3.41. The Balaban J connectivity index is 1.48. The number of halogens is 1. The SMILES string of the molecule is CC(=O)NCC1CN(c2ccc(-c3csc(Cc4nnn[nH]4)n3)c(F)c2)C(=O)O1. The number of carbonyl (C=O) groups is 2. The minimum Gasteiger partial charge on any atom is -0.442 e. The van der Waals surface area contributed by atoms with Crippen LogP contribution in [-0.4, -0.2) is 56.8 Å². The molecule has 12 heteroatoms. The molecule has 1 unspecified atom stereocenters. The van der Waals surface area contributed by atoms with Crippen molar-refractivity contribution in [2.75, 3.05) is 18.0 Å². The summed E-state index contributed by atoms with van der Waals surface area (Å²) in [5, 5.41) is 18.6. The second kappa shape index (κ2) is 7.91. The first-order valence-corrected chi connectivity index (χ1v) is 9.57. The molecule has 0 aliphatic carbocycles. The molecule has 1 aliphatic rings. The first-order valence-electron chi connectivity index (χ1n) is 8.69. The van der Waals surface area contributed by atoms with E-state index in [-0.39, 0.29) is 19.0 Å². The highest BCUT2D eigenvalue weighted by Crippen LogP contribution is 2.30. The van der Waals surface area contributed by atoms with Crippen LogP contribution in [0.4, 0.5) is 14.9 Å². The molecule has 0 saturated carbocycles. The van der Waals surface area contributed by atoms with E-state index in [0.29, 0.717) is 29.2 Å². The van der Waals surface area contributed by atoms with Gasteiger partial charge >= 0.3 is 6.09 Å². The predicted octanol–water partition coefficient (Wildman–Crippen LogP) is 1.51. The molecule has 150 valence electrons. The quantitative estimate of drug-likeness (QED) is 0.623. The van der Waals surface area contributed by atoms with Gasteiger partial charge in [0.05, 0.1) is 30.9 Å². The van der Waals surface area contributed by atoms with Crippen LogP contribution in [-0.2, 0) is 16.0 Å². The Morgan fingerprint density at radius 3 is 3.07 bits per heavy atom. The van der Waals surface area contributed by atoms with E-state index in [1.165, 1.54) is 29.2 Å². The van der Waals surface area contributed by atoms with Gasteiger partial charge in [0.1, 0.15) is 16.9 Å². The Labute approximate surface area is 168 Å². The largest absolute Gasteiger partial charge is 0.442 e. The summed E-state index contributed by atoms with van der Waals surface area (Å²) in [5.74, 6) is -0.140. The van der Waals surface area contributed by atoms with Crippen molar-refractivity contribution in [3.63, 3.8) is 0 Å². The molecule has 4 rings (SSSR count). The van der Waals surface area contributed by atoms with E-state index in [2.05, 4.69) is 30.9 Å². The number of cyclic esters (lactones) is 1. The van der Waals surface area contributed by atoms with Gasteiger partial charge in [-0.3, -0.25) is 9.69 Å². The Bertz CT molecular complexity index is 1040. The summed E-state index contributed by atoms with van der Waals surface area (Å²) >= 11 is 1.38. The van der Waals surface area contributed by atoms with Gasteiger partial charge in [-0.15, -0.1) is 16.4 Å². The minimum atomic E-state index is -0.580. The Kier molecular flexibility index (Phi) is 5.16. The Morgan fingerprint density at radius 2 is 2.34 bits per heavy atom. The number of benzene rings is 1.